The van der Waals surface area contributed by atoms with Gasteiger partial charge in [0, 0.05) is 24.5 Å². The van der Waals surface area contributed by atoms with Gasteiger partial charge in [-0.3, -0.25) is 4.57 Å². The van der Waals surface area contributed by atoms with E-state index in [1.807, 2.05) is 0 Å². The molecule has 0 spiro atoms. The summed E-state index contributed by atoms with van der Waals surface area (Å²) < 4.78 is 75.5. The zero-order valence-electron chi connectivity index (χ0n) is 13.5. The second kappa shape index (κ2) is 7.38. The number of fused-ring (bicyclic) bond motifs is 1. The second-order valence-corrected chi connectivity index (χ2v) is 7.31. The van der Waals surface area contributed by atoms with Crippen LogP contribution in [-0.2, 0) is 10.2 Å². The van der Waals surface area contributed by atoms with Gasteiger partial charge >= 0.3 is 19.4 Å². The highest BCUT2D eigenvalue weighted by atomic mass is 31.2. The van der Waals surface area contributed by atoms with Gasteiger partial charge in [-0.15, -0.1) is 0 Å². The van der Waals surface area contributed by atoms with Gasteiger partial charge in [0.2, 0.25) is 0 Å². The lowest BCUT2D eigenvalue weighted by Crippen LogP contribution is -2.15. The van der Waals surface area contributed by atoms with Crippen LogP contribution >= 0.6 is 7.60 Å². The Morgan fingerprint density at radius 3 is 2.37 bits per heavy atom. The smallest absolute Gasteiger partial charge is 0.370 e. The molecule has 0 atom stereocenters. The molecular weight excluding hydrogens is 396 g/mol. The van der Waals surface area contributed by atoms with Gasteiger partial charge in [-0.05, 0) is 30.0 Å². The first-order valence-corrected chi connectivity index (χ1v) is 9.05. The summed E-state index contributed by atoms with van der Waals surface area (Å²) in [6, 6.07) is 4.47. The number of anilines is 1. The van der Waals surface area contributed by atoms with Crippen LogP contribution in [0.4, 0.5) is 27.8 Å². The average molecular weight is 409 g/mol. The molecule has 0 unspecified atom stereocenters. The Labute approximate surface area is 149 Å². The molecule has 1 aromatic carbocycles. The molecule has 0 radical (unpaired) electrons. The van der Waals surface area contributed by atoms with Gasteiger partial charge in [-0.25, -0.2) is 4.98 Å². The van der Waals surface area contributed by atoms with Gasteiger partial charge in [0.25, 0.3) is 0 Å². The SMILES string of the molecule is N#Cc1cc2cnc(NCCCC(F)(F)F)cc2cc1C(F)(F)P(=O)(O)O. The second-order valence-electron chi connectivity index (χ2n) is 5.66. The first-order chi connectivity index (χ1) is 12.3. The molecule has 146 valence electrons. The van der Waals surface area contributed by atoms with E-state index in [1.165, 1.54) is 18.3 Å². The van der Waals surface area contributed by atoms with Gasteiger partial charge in [0.15, 0.2) is 0 Å². The maximum Gasteiger partial charge on any atom is 0.399 e. The maximum absolute atomic E-state index is 14.0. The van der Waals surface area contributed by atoms with E-state index in [1.54, 1.807) is 0 Å². The van der Waals surface area contributed by atoms with Crippen LogP contribution in [0, 0.1) is 11.3 Å². The molecule has 0 aliphatic rings. The lowest BCUT2D eigenvalue weighted by molar-refractivity contribution is -0.134. The molecule has 3 N–H and O–H groups in total. The fourth-order valence-corrected chi connectivity index (χ4v) is 2.79. The first-order valence-electron chi connectivity index (χ1n) is 7.43. The zero-order chi connectivity index (χ0) is 20.5. The minimum absolute atomic E-state index is 0.0696. The molecule has 0 bridgehead atoms. The molecule has 0 aliphatic carbocycles. The third-order valence-electron chi connectivity index (χ3n) is 3.61. The summed E-state index contributed by atoms with van der Waals surface area (Å²) in [5, 5.41) is 12.0. The maximum atomic E-state index is 14.0. The Balaban J connectivity index is 2.35. The lowest BCUT2D eigenvalue weighted by Gasteiger charge is -2.19. The number of nitrogens with one attached hydrogen (secondary N) is 1. The summed E-state index contributed by atoms with van der Waals surface area (Å²) in [7, 11) is -5.88. The lowest BCUT2D eigenvalue weighted by atomic mass is 10.0. The third-order valence-corrected chi connectivity index (χ3v) is 4.58. The molecule has 0 saturated carbocycles. The van der Waals surface area contributed by atoms with Gasteiger partial charge in [-0.2, -0.15) is 27.2 Å². The Bertz CT molecular complexity index is 937. The number of aromatic nitrogens is 1. The summed E-state index contributed by atoms with van der Waals surface area (Å²) >= 11 is 0. The number of alkyl halides is 5. The van der Waals surface area contributed by atoms with Crippen molar-refractivity contribution >= 4 is 24.2 Å². The van der Waals surface area contributed by atoms with Gasteiger partial charge in [-0.1, -0.05) is 0 Å². The molecule has 6 nitrogen and oxygen atoms in total. The Hall–Kier alpha value is -2.28. The van der Waals surface area contributed by atoms with Gasteiger partial charge in [0.05, 0.1) is 17.2 Å². The fraction of sp³-hybridized carbons (Fsp3) is 0.333. The van der Waals surface area contributed by atoms with Crippen LogP contribution in [-0.4, -0.2) is 27.5 Å². The number of hydrogen-bond acceptors (Lipinski definition) is 4. The van der Waals surface area contributed by atoms with Crippen molar-refractivity contribution in [2.75, 3.05) is 11.9 Å². The molecular formula is C15H13F5N3O3P. The minimum atomic E-state index is -5.88. The van der Waals surface area contributed by atoms with E-state index in [0.717, 1.165) is 12.1 Å². The van der Waals surface area contributed by atoms with Crippen LogP contribution in [0.5, 0.6) is 0 Å². The van der Waals surface area contributed by atoms with Crippen LogP contribution in [0.3, 0.4) is 0 Å². The Morgan fingerprint density at radius 2 is 1.81 bits per heavy atom. The van der Waals surface area contributed by atoms with Crippen LogP contribution in [0.1, 0.15) is 24.0 Å². The van der Waals surface area contributed by atoms with Gasteiger partial charge < -0.3 is 15.1 Å². The number of pyridine rings is 1. The topological polar surface area (TPSA) is 106 Å². The molecule has 0 aliphatic heterocycles. The van der Waals surface area contributed by atoms with Crippen molar-refractivity contribution in [3.8, 4) is 6.07 Å². The van der Waals surface area contributed by atoms with Crippen molar-refractivity contribution in [1.29, 1.82) is 5.26 Å². The highest BCUT2D eigenvalue weighted by molar-refractivity contribution is 7.52. The van der Waals surface area contributed by atoms with E-state index in [2.05, 4.69) is 10.3 Å². The van der Waals surface area contributed by atoms with Crippen molar-refractivity contribution < 1.29 is 36.3 Å². The number of halogens is 5. The van der Waals surface area contributed by atoms with E-state index in [4.69, 9.17) is 15.0 Å². The monoisotopic (exact) mass is 409 g/mol. The average Bonchev–Trinajstić information content (AvgIpc) is 2.55. The van der Waals surface area contributed by atoms with Crippen molar-refractivity contribution in [1.82, 2.24) is 4.98 Å². The van der Waals surface area contributed by atoms with Crippen LogP contribution < -0.4 is 5.32 Å². The Kier molecular flexibility index (Phi) is 5.75. The highest BCUT2D eigenvalue weighted by Gasteiger charge is 2.51. The van der Waals surface area contributed by atoms with Crippen LogP contribution in [0.2, 0.25) is 0 Å². The summed E-state index contributed by atoms with van der Waals surface area (Å²) in [4.78, 5) is 21.7. The summed E-state index contributed by atoms with van der Waals surface area (Å²) in [6.45, 7) is -0.0696. The quantitative estimate of drug-likeness (QED) is 0.377. The van der Waals surface area contributed by atoms with E-state index in [9.17, 15) is 26.5 Å². The van der Waals surface area contributed by atoms with Crippen molar-refractivity contribution in [3.63, 3.8) is 0 Å². The molecule has 1 aromatic heterocycles. The fourth-order valence-electron chi connectivity index (χ4n) is 2.29. The predicted molar refractivity (Wildman–Crippen MR) is 86.2 cm³/mol. The van der Waals surface area contributed by atoms with Crippen LogP contribution in [0.25, 0.3) is 10.8 Å². The number of benzene rings is 1. The summed E-state index contributed by atoms with van der Waals surface area (Å²) in [6.07, 6.45) is -4.31. The largest absolute Gasteiger partial charge is 0.399 e. The molecule has 27 heavy (non-hydrogen) atoms. The Morgan fingerprint density at radius 1 is 1.15 bits per heavy atom. The number of nitrogens with zero attached hydrogens (tertiary/aromatic N) is 2. The van der Waals surface area contributed by atoms with Crippen molar-refractivity contribution in [3.05, 3.63) is 35.5 Å². The highest BCUT2D eigenvalue weighted by Crippen LogP contribution is 2.60. The van der Waals surface area contributed by atoms with Crippen LogP contribution in [0.15, 0.2) is 24.4 Å². The molecule has 0 fully saturated rings. The molecule has 2 aromatic rings. The van der Waals surface area contributed by atoms with E-state index >= 15 is 0 Å². The van der Waals surface area contributed by atoms with Crippen molar-refractivity contribution in [2.45, 2.75) is 24.7 Å². The number of rotatable bonds is 6. The summed E-state index contributed by atoms with van der Waals surface area (Å²) in [5.41, 5.74) is -6.33. The number of nitriles is 1. The molecule has 12 heteroatoms. The minimum Gasteiger partial charge on any atom is -0.370 e. The number of hydrogen-bond donors (Lipinski definition) is 3. The first kappa shape index (κ1) is 21.0. The zero-order valence-corrected chi connectivity index (χ0v) is 14.4. The predicted octanol–water partition coefficient (Wildman–Crippen LogP) is 4.09. The van der Waals surface area contributed by atoms with E-state index in [-0.39, 0.29) is 29.6 Å². The van der Waals surface area contributed by atoms with E-state index < -0.39 is 37.0 Å². The normalized spacial score (nSPS) is 12.8. The molecule has 2 rings (SSSR count). The van der Waals surface area contributed by atoms with Crippen molar-refractivity contribution in [2.24, 2.45) is 0 Å². The third kappa shape index (κ3) is 4.91. The van der Waals surface area contributed by atoms with E-state index in [0.29, 0.717) is 0 Å². The summed E-state index contributed by atoms with van der Waals surface area (Å²) in [5.74, 6) is 0.0971. The molecule has 1 heterocycles. The van der Waals surface area contributed by atoms with Gasteiger partial charge in [0.1, 0.15) is 5.82 Å². The standard InChI is InChI=1S/C15H13F5N3O3P/c16-14(17,18)2-1-3-22-13-6-9-5-12(15(19,20)27(24,25)26)10(7-21)4-11(9)8-23-13/h4-6,8H,1-3H2,(H,22,23)(H2,24,25,26). The molecule has 0 amide bonds. The molecule has 0 saturated heterocycles.